The SMILES string of the molecule is Clc1nc(NCc2cccnc2)nc2c1CCCC2. The van der Waals surface area contributed by atoms with Gasteiger partial charge in [-0.25, -0.2) is 9.97 Å². The van der Waals surface area contributed by atoms with Crippen molar-refractivity contribution in [1.29, 1.82) is 0 Å². The number of hydrogen-bond acceptors (Lipinski definition) is 4. The van der Waals surface area contributed by atoms with Gasteiger partial charge in [0.2, 0.25) is 5.95 Å². The van der Waals surface area contributed by atoms with Crippen molar-refractivity contribution in [3.05, 3.63) is 46.5 Å². The van der Waals surface area contributed by atoms with Crippen LogP contribution in [0, 0.1) is 0 Å². The molecule has 0 unspecified atom stereocenters. The van der Waals surface area contributed by atoms with Crippen LogP contribution in [0.3, 0.4) is 0 Å². The molecule has 0 radical (unpaired) electrons. The zero-order valence-electron chi connectivity index (χ0n) is 10.6. The molecule has 19 heavy (non-hydrogen) atoms. The van der Waals surface area contributed by atoms with E-state index in [0.717, 1.165) is 29.7 Å². The lowest BCUT2D eigenvalue weighted by molar-refractivity contribution is 0.663. The molecule has 2 aromatic rings. The molecule has 2 aromatic heterocycles. The Kier molecular flexibility index (Phi) is 3.60. The van der Waals surface area contributed by atoms with Crippen molar-refractivity contribution in [2.75, 3.05) is 5.32 Å². The van der Waals surface area contributed by atoms with Crippen molar-refractivity contribution < 1.29 is 0 Å². The van der Waals surface area contributed by atoms with Gasteiger partial charge >= 0.3 is 0 Å². The topological polar surface area (TPSA) is 50.7 Å². The van der Waals surface area contributed by atoms with Gasteiger partial charge in [0, 0.05) is 24.5 Å². The third-order valence-electron chi connectivity index (χ3n) is 3.31. The molecule has 1 aliphatic carbocycles. The lowest BCUT2D eigenvalue weighted by atomic mass is 9.97. The zero-order valence-corrected chi connectivity index (χ0v) is 11.3. The number of nitrogens with zero attached hydrogens (tertiary/aromatic N) is 3. The summed E-state index contributed by atoms with van der Waals surface area (Å²) in [6, 6.07) is 3.93. The van der Waals surface area contributed by atoms with Crippen LogP contribution in [0.1, 0.15) is 29.7 Å². The first kappa shape index (κ1) is 12.4. The Balaban J connectivity index is 1.76. The molecule has 5 heteroatoms. The first-order valence-corrected chi connectivity index (χ1v) is 6.89. The molecule has 3 rings (SSSR count). The number of hydrogen-bond donors (Lipinski definition) is 1. The van der Waals surface area contributed by atoms with E-state index in [1.807, 2.05) is 18.3 Å². The summed E-state index contributed by atoms with van der Waals surface area (Å²) in [5, 5.41) is 3.80. The number of rotatable bonds is 3. The number of anilines is 1. The summed E-state index contributed by atoms with van der Waals surface area (Å²) in [4.78, 5) is 13.0. The zero-order chi connectivity index (χ0) is 13.1. The fourth-order valence-corrected chi connectivity index (χ4v) is 2.59. The van der Waals surface area contributed by atoms with Gasteiger partial charge in [-0.2, -0.15) is 0 Å². The van der Waals surface area contributed by atoms with Crippen LogP contribution in [0.2, 0.25) is 5.15 Å². The normalized spacial score (nSPS) is 13.9. The lowest BCUT2D eigenvalue weighted by Gasteiger charge is -2.16. The van der Waals surface area contributed by atoms with Crippen LogP contribution in [-0.4, -0.2) is 15.0 Å². The first-order chi connectivity index (χ1) is 9.33. The van der Waals surface area contributed by atoms with Crippen LogP contribution in [0.5, 0.6) is 0 Å². The minimum Gasteiger partial charge on any atom is -0.350 e. The van der Waals surface area contributed by atoms with Crippen LogP contribution in [-0.2, 0) is 19.4 Å². The van der Waals surface area contributed by atoms with E-state index >= 15 is 0 Å². The molecule has 0 aromatic carbocycles. The second kappa shape index (κ2) is 5.53. The van der Waals surface area contributed by atoms with E-state index in [9.17, 15) is 0 Å². The largest absolute Gasteiger partial charge is 0.350 e. The fraction of sp³-hybridized carbons (Fsp3) is 0.357. The number of halogens is 1. The highest BCUT2D eigenvalue weighted by molar-refractivity contribution is 6.30. The Morgan fingerprint density at radius 1 is 1.21 bits per heavy atom. The molecule has 0 bridgehead atoms. The van der Waals surface area contributed by atoms with Gasteiger partial charge in [0.05, 0.1) is 5.69 Å². The molecular weight excluding hydrogens is 260 g/mol. The molecule has 0 saturated heterocycles. The van der Waals surface area contributed by atoms with E-state index in [1.165, 1.54) is 12.8 Å². The van der Waals surface area contributed by atoms with E-state index in [-0.39, 0.29) is 0 Å². The van der Waals surface area contributed by atoms with Gasteiger partial charge in [-0.15, -0.1) is 0 Å². The molecule has 1 N–H and O–H groups in total. The van der Waals surface area contributed by atoms with Crippen molar-refractivity contribution in [1.82, 2.24) is 15.0 Å². The van der Waals surface area contributed by atoms with Crippen LogP contribution >= 0.6 is 11.6 Å². The van der Waals surface area contributed by atoms with Gasteiger partial charge in [0.1, 0.15) is 5.15 Å². The summed E-state index contributed by atoms with van der Waals surface area (Å²) in [6.07, 6.45) is 7.94. The maximum Gasteiger partial charge on any atom is 0.224 e. The maximum atomic E-state index is 6.23. The fourth-order valence-electron chi connectivity index (χ4n) is 2.31. The van der Waals surface area contributed by atoms with Crippen LogP contribution < -0.4 is 5.32 Å². The summed E-state index contributed by atoms with van der Waals surface area (Å²) >= 11 is 6.23. The molecule has 98 valence electrons. The van der Waals surface area contributed by atoms with Crippen molar-refractivity contribution in [3.63, 3.8) is 0 Å². The van der Waals surface area contributed by atoms with E-state index in [2.05, 4.69) is 20.3 Å². The Morgan fingerprint density at radius 2 is 2.11 bits per heavy atom. The lowest BCUT2D eigenvalue weighted by Crippen LogP contribution is -2.11. The van der Waals surface area contributed by atoms with Gasteiger partial charge in [-0.1, -0.05) is 17.7 Å². The average Bonchev–Trinajstić information content (AvgIpc) is 2.46. The first-order valence-electron chi connectivity index (χ1n) is 6.51. The monoisotopic (exact) mass is 274 g/mol. The van der Waals surface area contributed by atoms with E-state index in [4.69, 9.17) is 11.6 Å². The Bertz CT molecular complexity index is 571. The average molecular weight is 275 g/mol. The van der Waals surface area contributed by atoms with Crippen molar-refractivity contribution in [2.45, 2.75) is 32.2 Å². The molecule has 0 aliphatic heterocycles. The highest BCUT2D eigenvalue weighted by Gasteiger charge is 2.16. The molecule has 2 heterocycles. The Labute approximate surface area is 117 Å². The number of pyridine rings is 1. The summed E-state index contributed by atoms with van der Waals surface area (Å²) in [7, 11) is 0. The van der Waals surface area contributed by atoms with Gasteiger partial charge < -0.3 is 5.32 Å². The highest BCUT2D eigenvalue weighted by Crippen LogP contribution is 2.26. The second-order valence-electron chi connectivity index (χ2n) is 4.69. The molecular formula is C14H15ClN4. The quantitative estimate of drug-likeness (QED) is 0.874. The third-order valence-corrected chi connectivity index (χ3v) is 3.62. The van der Waals surface area contributed by atoms with Gasteiger partial charge in [-0.05, 0) is 37.3 Å². The van der Waals surface area contributed by atoms with Gasteiger partial charge in [-0.3, -0.25) is 4.98 Å². The molecule has 0 fully saturated rings. The van der Waals surface area contributed by atoms with E-state index in [0.29, 0.717) is 17.6 Å². The Hall–Kier alpha value is -1.68. The molecule has 0 spiro atoms. The molecule has 0 saturated carbocycles. The predicted molar refractivity (Wildman–Crippen MR) is 75.2 cm³/mol. The second-order valence-corrected chi connectivity index (χ2v) is 5.04. The summed E-state index contributed by atoms with van der Waals surface area (Å²) in [6.45, 7) is 0.656. The van der Waals surface area contributed by atoms with Crippen LogP contribution in [0.15, 0.2) is 24.5 Å². The summed E-state index contributed by atoms with van der Waals surface area (Å²) in [5.41, 5.74) is 3.32. The van der Waals surface area contributed by atoms with E-state index < -0.39 is 0 Å². The number of aromatic nitrogens is 3. The number of nitrogens with one attached hydrogen (secondary N) is 1. The minimum atomic E-state index is 0.596. The van der Waals surface area contributed by atoms with Crippen LogP contribution in [0.25, 0.3) is 0 Å². The van der Waals surface area contributed by atoms with Crippen molar-refractivity contribution >= 4 is 17.5 Å². The van der Waals surface area contributed by atoms with Crippen molar-refractivity contribution in [2.24, 2.45) is 0 Å². The number of fused-ring (bicyclic) bond motifs is 1. The Morgan fingerprint density at radius 3 is 2.95 bits per heavy atom. The van der Waals surface area contributed by atoms with Gasteiger partial charge in [0.25, 0.3) is 0 Å². The molecule has 0 amide bonds. The highest BCUT2D eigenvalue weighted by atomic mass is 35.5. The van der Waals surface area contributed by atoms with Gasteiger partial charge in [0.15, 0.2) is 0 Å². The summed E-state index contributed by atoms with van der Waals surface area (Å²) < 4.78 is 0. The van der Waals surface area contributed by atoms with Crippen molar-refractivity contribution in [3.8, 4) is 0 Å². The number of aryl methyl sites for hydroxylation is 1. The summed E-state index contributed by atoms with van der Waals surface area (Å²) in [5.74, 6) is 0.606. The molecule has 4 nitrogen and oxygen atoms in total. The predicted octanol–water partition coefficient (Wildman–Crippen LogP) is 3.02. The molecule has 1 aliphatic rings. The maximum absolute atomic E-state index is 6.23. The molecule has 0 atom stereocenters. The van der Waals surface area contributed by atoms with Crippen LogP contribution in [0.4, 0.5) is 5.95 Å². The third kappa shape index (κ3) is 2.84. The standard InChI is InChI=1S/C14H15ClN4/c15-13-11-5-1-2-6-12(11)18-14(19-13)17-9-10-4-3-7-16-8-10/h3-4,7-8H,1-2,5-6,9H2,(H,17,18,19). The van der Waals surface area contributed by atoms with E-state index in [1.54, 1.807) is 6.20 Å². The smallest absolute Gasteiger partial charge is 0.224 e. The minimum absolute atomic E-state index is 0.596.